The molecule has 2 saturated carbocycles. The van der Waals surface area contributed by atoms with Crippen LogP contribution < -0.4 is 5.32 Å². The number of allylic oxidation sites excluding steroid dienone is 1. The lowest BCUT2D eigenvalue weighted by Gasteiger charge is -2.52. The van der Waals surface area contributed by atoms with Gasteiger partial charge in [-0.05, 0) is 92.9 Å². The van der Waals surface area contributed by atoms with Gasteiger partial charge in [0.2, 0.25) is 5.91 Å². The average Bonchev–Trinajstić information content (AvgIpc) is 3.42. The third kappa shape index (κ3) is 4.46. The zero-order valence-corrected chi connectivity index (χ0v) is 25.4. The van der Waals surface area contributed by atoms with Crippen molar-refractivity contribution in [2.75, 3.05) is 6.54 Å². The molecule has 3 aliphatic carbocycles. The highest BCUT2D eigenvalue weighted by molar-refractivity contribution is 5.77. The largest absolute Gasteiger partial charge is 0.445 e. The Balaban J connectivity index is 1.11. The van der Waals surface area contributed by atoms with Gasteiger partial charge in [0.15, 0.2) is 0 Å². The standard InChI is InChI=1S/C35H48N2O4/c1-21-16-29-32(37(19-21)33(39)40-20-24-8-6-5-7-9-24)23(3)35(41-29)15-12-25-26-10-11-30-34(4,14-13-31(38)36-30)28(26)17-27(25)22(2)18-35/h5-9,21,23,25-26,28-30,32H,10-20H2,1-4H3,(H,36,38)/t21-,23+,25-,26-,28-,29+,30-,32-,34+,35-/m0/s1. The predicted octanol–water partition coefficient (Wildman–Crippen LogP) is 6.64. The summed E-state index contributed by atoms with van der Waals surface area (Å²) in [5, 5.41) is 3.37. The van der Waals surface area contributed by atoms with E-state index in [9.17, 15) is 9.59 Å². The molecular weight excluding hydrogens is 512 g/mol. The second kappa shape index (κ2) is 10.1. The number of nitrogens with zero attached hydrogens (tertiary/aromatic N) is 1. The van der Waals surface area contributed by atoms with Crippen molar-refractivity contribution < 1.29 is 19.1 Å². The second-order valence-corrected chi connectivity index (χ2v) is 14.8. The summed E-state index contributed by atoms with van der Waals surface area (Å²) in [6.45, 7) is 10.5. The molecule has 0 aromatic heterocycles. The van der Waals surface area contributed by atoms with Crippen LogP contribution in [-0.2, 0) is 20.9 Å². The molecule has 0 unspecified atom stereocenters. The van der Waals surface area contributed by atoms with Crippen LogP contribution in [0.1, 0.15) is 91.0 Å². The fourth-order valence-corrected chi connectivity index (χ4v) is 10.5. The molecule has 0 bridgehead atoms. The Hall–Kier alpha value is -2.34. The smallest absolute Gasteiger partial charge is 0.410 e. The Bertz CT molecular complexity index is 1230. The van der Waals surface area contributed by atoms with Gasteiger partial charge in [-0.2, -0.15) is 0 Å². The summed E-state index contributed by atoms with van der Waals surface area (Å²) in [4.78, 5) is 27.7. The number of hydrogen-bond acceptors (Lipinski definition) is 4. The number of likely N-dealkylation sites (tertiary alicyclic amines) is 1. The first kappa shape index (κ1) is 27.5. The summed E-state index contributed by atoms with van der Waals surface area (Å²) in [6, 6.07) is 10.4. The maximum absolute atomic E-state index is 13.5. The van der Waals surface area contributed by atoms with Crippen molar-refractivity contribution in [1.29, 1.82) is 0 Å². The quantitative estimate of drug-likeness (QED) is 0.412. The number of nitrogens with one attached hydrogen (secondary N) is 1. The van der Waals surface area contributed by atoms with E-state index in [4.69, 9.17) is 9.47 Å². The normalized spacial score (nSPS) is 43.5. The van der Waals surface area contributed by atoms with E-state index in [1.54, 1.807) is 11.1 Å². The molecule has 0 radical (unpaired) electrons. The number of ether oxygens (including phenoxy) is 2. The lowest BCUT2D eigenvalue weighted by molar-refractivity contribution is -0.130. The van der Waals surface area contributed by atoms with Gasteiger partial charge >= 0.3 is 6.09 Å². The Kier molecular flexibility index (Phi) is 6.80. The molecule has 5 fully saturated rings. The lowest BCUT2D eigenvalue weighted by Crippen LogP contribution is -2.57. The molecular formula is C35H48N2O4. The minimum Gasteiger partial charge on any atom is -0.445 e. The fraction of sp³-hybridized carbons (Fsp3) is 0.714. The van der Waals surface area contributed by atoms with E-state index >= 15 is 0 Å². The molecule has 1 aromatic carbocycles. The molecule has 3 heterocycles. The van der Waals surface area contributed by atoms with Gasteiger partial charge in [-0.3, -0.25) is 4.79 Å². The Morgan fingerprint density at radius 3 is 2.76 bits per heavy atom. The van der Waals surface area contributed by atoms with Gasteiger partial charge in [0.1, 0.15) is 6.61 Å². The first-order chi connectivity index (χ1) is 19.7. The van der Waals surface area contributed by atoms with Gasteiger partial charge in [-0.15, -0.1) is 0 Å². The van der Waals surface area contributed by atoms with Gasteiger partial charge in [0.25, 0.3) is 0 Å². The second-order valence-electron chi connectivity index (χ2n) is 14.8. The summed E-state index contributed by atoms with van der Waals surface area (Å²) in [6.07, 6.45) is 9.34. The van der Waals surface area contributed by atoms with E-state index in [0.29, 0.717) is 36.8 Å². The van der Waals surface area contributed by atoms with Crippen molar-refractivity contribution in [2.24, 2.45) is 35.0 Å². The Morgan fingerprint density at radius 2 is 1.95 bits per heavy atom. The van der Waals surface area contributed by atoms with Crippen LogP contribution >= 0.6 is 0 Å². The van der Waals surface area contributed by atoms with E-state index in [1.165, 1.54) is 19.3 Å². The molecule has 1 aromatic rings. The number of carbonyl (C=O) groups is 2. The van der Waals surface area contributed by atoms with Crippen molar-refractivity contribution in [3.63, 3.8) is 0 Å². The lowest BCUT2D eigenvalue weighted by atomic mass is 9.57. The number of fused-ring (bicyclic) bond motifs is 6. The highest BCUT2D eigenvalue weighted by Crippen LogP contribution is 2.63. The molecule has 41 heavy (non-hydrogen) atoms. The van der Waals surface area contributed by atoms with Crippen molar-refractivity contribution >= 4 is 12.0 Å². The molecule has 10 atom stereocenters. The van der Waals surface area contributed by atoms with E-state index in [1.807, 2.05) is 35.2 Å². The molecule has 3 aliphatic heterocycles. The number of hydrogen-bond donors (Lipinski definition) is 1. The summed E-state index contributed by atoms with van der Waals surface area (Å²) in [5.74, 6) is 2.92. The number of rotatable bonds is 2. The van der Waals surface area contributed by atoms with Crippen LogP contribution in [0.25, 0.3) is 0 Å². The van der Waals surface area contributed by atoms with Crippen molar-refractivity contribution in [2.45, 2.75) is 116 Å². The molecule has 2 amide bonds. The number of amides is 2. The minimum absolute atomic E-state index is 0.0677. The van der Waals surface area contributed by atoms with Crippen LogP contribution in [0.2, 0.25) is 0 Å². The van der Waals surface area contributed by atoms with Crippen molar-refractivity contribution in [1.82, 2.24) is 10.2 Å². The van der Waals surface area contributed by atoms with Crippen molar-refractivity contribution in [3.8, 4) is 0 Å². The number of carbonyl (C=O) groups excluding carboxylic acids is 2. The van der Waals surface area contributed by atoms with E-state index in [2.05, 4.69) is 33.0 Å². The maximum atomic E-state index is 13.5. The van der Waals surface area contributed by atoms with Gasteiger partial charge < -0.3 is 19.7 Å². The number of benzene rings is 1. The number of piperidine rings is 2. The third-order valence-corrected chi connectivity index (χ3v) is 12.6. The van der Waals surface area contributed by atoms with Gasteiger partial charge in [-0.25, -0.2) is 4.79 Å². The zero-order chi connectivity index (χ0) is 28.5. The molecule has 1 spiro atoms. The van der Waals surface area contributed by atoms with Gasteiger partial charge in [0, 0.05) is 24.9 Å². The molecule has 1 N–H and O–H groups in total. The molecule has 7 rings (SSSR count). The van der Waals surface area contributed by atoms with Crippen molar-refractivity contribution in [3.05, 3.63) is 47.0 Å². The summed E-state index contributed by atoms with van der Waals surface area (Å²) in [5.41, 5.74) is 4.27. The Morgan fingerprint density at radius 1 is 1.15 bits per heavy atom. The molecule has 222 valence electrons. The average molecular weight is 561 g/mol. The van der Waals surface area contributed by atoms with E-state index in [-0.39, 0.29) is 41.1 Å². The van der Waals surface area contributed by atoms with Gasteiger partial charge in [0.05, 0.1) is 17.7 Å². The first-order valence-electron chi connectivity index (χ1n) is 16.3. The summed E-state index contributed by atoms with van der Waals surface area (Å²) in [7, 11) is 0. The van der Waals surface area contributed by atoms with Crippen LogP contribution in [-0.4, -0.2) is 47.2 Å². The third-order valence-electron chi connectivity index (χ3n) is 12.6. The van der Waals surface area contributed by atoms with Crippen LogP contribution in [0.4, 0.5) is 4.79 Å². The Labute approximate surface area is 245 Å². The van der Waals surface area contributed by atoms with Crippen LogP contribution in [0.3, 0.4) is 0 Å². The molecule has 6 aliphatic rings. The SMILES string of the molecule is CC1=C2C[C@H]3[C@@H](CC[C@@H]4NC(=O)CC[C@@]43C)[C@@H]2CC[C@@]2(C1)O[C@@H]1C[C@H](C)CN(C(=O)OCc3ccccc3)[C@H]1[C@H]2C. The van der Waals surface area contributed by atoms with E-state index < -0.39 is 0 Å². The molecule has 3 saturated heterocycles. The monoisotopic (exact) mass is 560 g/mol. The van der Waals surface area contributed by atoms with Crippen LogP contribution in [0.5, 0.6) is 0 Å². The summed E-state index contributed by atoms with van der Waals surface area (Å²) < 4.78 is 13.0. The molecule has 6 heteroatoms. The van der Waals surface area contributed by atoms with E-state index in [0.717, 1.165) is 50.1 Å². The van der Waals surface area contributed by atoms with Crippen LogP contribution in [0.15, 0.2) is 41.5 Å². The zero-order valence-electron chi connectivity index (χ0n) is 25.4. The highest BCUT2D eigenvalue weighted by atomic mass is 16.6. The maximum Gasteiger partial charge on any atom is 0.410 e. The topological polar surface area (TPSA) is 67.9 Å². The summed E-state index contributed by atoms with van der Waals surface area (Å²) >= 11 is 0. The van der Waals surface area contributed by atoms with Gasteiger partial charge in [-0.1, -0.05) is 62.2 Å². The fourth-order valence-electron chi connectivity index (χ4n) is 10.5. The predicted molar refractivity (Wildman–Crippen MR) is 158 cm³/mol. The highest BCUT2D eigenvalue weighted by Gasteiger charge is 2.61. The minimum atomic E-state index is -0.214. The molecule has 6 nitrogen and oxygen atoms in total. The van der Waals surface area contributed by atoms with Crippen LogP contribution in [0, 0.1) is 35.0 Å². The first-order valence-corrected chi connectivity index (χ1v) is 16.3.